The molecule has 0 aliphatic heterocycles. The molecule has 0 aromatic rings. The van der Waals surface area contributed by atoms with Gasteiger partial charge in [0.15, 0.2) is 0 Å². The molecule has 0 spiro atoms. The summed E-state index contributed by atoms with van der Waals surface area (Å²) in [5.41, 5.74) is 5.24. The molecule has 6 nitrogen and oxygen atoms in total. The fraction of sp³-hybridized carbons (Fsp3) is 1.00. The number of hydrogen-bond acceptors (Lipinski definition) is 6. The standard InChI is InChI=1S/C5H15N2O3PS.H3NS3/c6-2-1-3-7-4-5-12-11(8,9)10;1-4(2)3/h7H,1-6H2,(H2,8,9,10);4H,(H2,1,2,3). The van der Waals surface area contributed by atoms with Crippen LogP contribution in [-0.4, -0.2) is 35.2 Å². The number of nitrogens with one attached hydrogen (secondary N) is 1. The Balaban J connectivity index is 0. The lowest BCUT2D eigenvalue weighted by molar-refractivity contribution is 0.397. The smallest absolute Gasteiger partial charge is 0.330 e. The summed E-state index contributed by atoms with van der Waals surface area (Å²) >= 11 is 9.22. The van der Waals surface area contributed by atoms with Crippen molar-refractivity contribution in [2.45, 2.75) is 6.42 Å². The number of rotatable bonds is 7. The summed E-state index contributed by atoms with van der Waals surface area (Å²) in [4.78, 5) is 16.9. The molecule has 11 heteroatoms. The van der Waals surface area contributed by atoms with Crippen LogP contribution >= 0.6 is 18.2 Å². The minimum Gasteiger partial charge on any atom is -0.330 e. The molecular weight excluding hydrogens is 309 g/mol. The van der Waals surface area contributed by atoms with Crippen LogP contribution in [0.2, 0.25) is 0 Å². The Kier molecular flexibility index (Phi) is 15.4. The summed E-state index contributed by atoms with van der Waals surface area (Å²) in [6.07, 6.45) is 0.889. The van der Waals surface area contributed by atoms with Gasteiger partial charge in [0.25, 0.3) is 0 Å². The lowest BCUT2D eigenvalue weighted by atomic mass is 10.4. The first kappa shape index (κ1) is 19.5. The van der Waals surface area contributed by atoms with Gasteiger partial charge >= 0.3 is 6.80 Å². The van der Waals surface area contributed by atoms with E-state index in [9.17, 15) is 4.57 Å². The van der Waals surface area contributed by atoms with Gasteiger partial charge in [0.2, 0.25) is 0 Å². The van der Waals surface area contributed by atoms with Crippen molar-refractivity contribution >= 4 is 48.8 Å². The van der Waals surface area contributed by atoms with Crippen LogP contribution < -0.4 is 16.2 Å². The summed E-state index contributed by atoms with van der Waals surface area (Å²) in [5.74, 6) is 0.425. The van der Waals surface area contributed by atoms with Gasteiger partial charge in [-0.1, -0.05) is 0 Å². The molecule has 0 heterocycles. The summed E-state index contributed by atoms with van der Waals surface area (Å²) in [6, 6.07) is 0. The average molecular weight is 327 g/mol. The monoisotopic (exact) mass is 327 g/mol. The van der Waals surface area contributed by atoms with E-state index >= 15 is 0 Å². The van der Waals surface area contributed by atoms with Gasteiger partial charge in [0.05, 0.1) is 0 Å². The highest BCUT2D eigenvalue weighted by atomic mass is 33.1. The molecule has 0 saturated carbocycles. The molecule has 0 radical (unpaired) electrons. The van der Waals surface area contributed by atoms with E-state index in [1.165, 1.54) is 0 Å². The van der Waals surface area contributed by atoms with Gasteiger partial charge < -0.3 is 20.8 Å². The SMILES string of the molecule is NCCCNCCSP(=O)(O)O.N[SH](=S)=S. The van der Waals surface area contributed by atoms with Crippen LogP contribution in [0.3, 0.4) is 0 Å². The van der Waals surface area contributed by atoms with E-state index < -0.39 is 15.0 Å². The van der Waals surface area contributed by atoms with Gasteiger partial charge in [-0.05, 0) is 61.5 Å². The molecule has 0 aliphatic carbocycles. The van der Waals surface area contributed by atoms with Crippen LogP contribution in [0.15, 0.2) is 0 Å². The second kappa shape index (κ2) is 12.6. The zero-order chi connectivity index (χ0) is 13.0. The Morgan fingerprint density at radius 2 is 1.88 bits per heavy atom. The Bertz CT molecular complexity index is 262. The number of hydrogen-bond donors (Lipinski definition) is 6. The van der Waals surface area contributed by atoms with Crippen molar-refractivity contribution in [3.63, 3.8) is 0 Å². The Labute approximate surface area is 111 Å². The molecule has 0 bridgehead atoms. The highest BCUT2D eigenvalue weighted by molar-refractivity contribution is 8.54. The van der Waals surface area contributed by atoms with Crippen molar-refractivity contribution in [3.8, 4) is 0 Å². The lowest BCUT2D eigenvalue weighted by Crippen LogP contribution is -2.20. The van der Waals surface area contributed by atoms with Crippen LogP contribution in [-0.2, 0) is 35.1 Å². The van der Waals surface area contributed by atoms with Gasteiger partial charge in [-0.25, -0.2) is 4.57 Å². The molecule has 0 atom stereocenters. The maximum Gasteiger partial charge on any atom is 0.384 e. The minimum atomic E-state index is -3.87. The molecular formula is C5H18N3O3PS4. The van der Waals surface area contributed by atoms with Crippen LogP contribution in [0.25, 0.3) is 0 Å². The normalized spacial score (nSPS) is 11.1. The Hall–Kier alpha value is 1.17. The zero-order valence-corrected chi connectivity index (χ0v) is 12.9. The molecule has 0 aromatic heterocycles. The second-order valence-corrected chi connectivity index (χ2v) is 9.98. The van der Waals surface area contributed by atoms with Crippen molar-refractivity contribution in [1.29, 1.82) is 0 Å². The predicted octanol–water partition coefficient (Wildman–Crippen LogP) is -1.11. The van der Waals surface area contributed by atoms with Crippen LogP contribution in [0.5, 0.6) is 0 Å². The maximum absolute atomic E-state index is 10.3. The molecule has 100 valence electrons. The first-order chi connectivity index (χ1) is 7.29. The van der Waals surface area contributed by atoms with E-state index in [0.29, 0.717) is 30.2 Å². The molecule has 7 N–H and O–H groups in total. The summed E-state index contributed by atoms with van der Waals surface area (Å²) in [5, 5.41) is 7.82. The molecule has 0 saturated heterocycles. The maximum atomic E-state index is 10.3. The third-order valence-electron chi connectivity index (χ3n) is 1.10. The first-order valence-corrected chi connectivity index (χ1v) is 10.9. The fourth-order valence-electron chi connectivity index (χ4n) is 0.589. The van der Waals surface area contributed by atoms with E-state index in [1.54, 1.807) is 0 Å². The predicted molar refractivity (Wildman–Crippen MR) is 78.7 cm³/mol. The Morgan fingerprint density at radius 3 is 2.25 bits per heavy atom. The van der Waals surface area contributed by atoms with E-state index in [-0.39, 0.29) is 0 Å². The van der Waals surface area contributed by atoms with Crippen molar-refractivity contribution in [3.05, 3.63) is 0 Å². The summed E-state index contributed by atoms with van der Waals surface area (Å²) in [7, 11) is -0.954. The first-order valence-electron chi connectivity index (χ1n) is 4.29. The van der Waals surface area contributed by atoms with Gasteiger partial charge in [-0.2, -0.15) is 0 Å². The molecule has 0 rings (SSSR count). The van der Waals surface area contributed by atoms with Crippen molar-refractivity contribution in [2.75, 3.05) is 25.4 Å². The van der Waals surface area contributed by atoms with E-state index in [4.69, 9.17) is 20.7 Å². The third kappa shape index (κ3) is 29.4. The van der Waals surface area contributed by atoms with Crippen LogP contribution in [0.4, 0.5) is 0 Å². The van der Waals surface area contributed by atoms with Gasteiger partial charge in [0, 0.05) is 12.3 Å². The topological polar surface area (TPSA) is 122 Å². The fourth-order valence-corrected chi connectivity index (χ4v) is 2.05. The number of thiol groups is 1. The van der Waals surface area contributed by atoms with E-state index in [2.05, 4.69) is 27.7 Å². The lowest BCUT2D eigenvalue weighted by Gasteiger charge is -2.04. The second-order valence-electron chi connectivity index (χ2n) is 2.50. The molecule has 0 fully saturated rings. The minimum absolute atomic E-state index is 0.425. The van der Waals surface area contributed by atoms with Crippen LogP contribution in [0, 0.1) is 0 Å². The zero-order valence-electron chi connectivity index (χ0n) is 8.61. The largest absolute Gasteiger partial charge is 0.384 e. The van der Waals surface area contributed by atoms with Crippen molar-refractivity contribution in [1.82, 2.24) is 5.32 Å². The molecule has 0 aliphatic rings. The van der Waals surface area contributed by atoms with Gasteiger partial charge in [-0.3, -0.25) is 5.14 Å². The highest BCUT2D eigenvalue weighted by Gasteiger charge is 2.11. The van der Waals surface area contributed by atoms with Crippen LogP contribution in [0.1, 0.15) is 6.42 Å². The van der Waals surface area contributed by atoms with Crippen molar-refractivity contribution in [2.24, 2.45) is 10.9 Å². The molecule has 0 aromatic carbocycles. The summed E-state index contributed by atoms with van der Waals surface area (Å²) in [6.45, 7) is -1.82. The third-order valence-corrected chi connectivity index (χ3v) is 3.38. The summed E-state index contributed by atoms with van der Waals surface area (Å²) < 4.78 is 10.3. The van der Waals surface area contributed by atoms with E-state index in [0.717, 1.165) is 13.0 Å². The quantitative estimate of drug-likeness (QED) is 0.196. The average Bonchev–Trinajstić information content (AvgIpc) is 2.08. The van der Waals surface area contributed by atoms with Gasteiger partial charge in [-0.15, -0.1) is 0 Å². The van der Waals surface area contributed by atoms with Crippen molar-refractivity contribution < 1.29 is 14.4 Å². The highest BCUT2D eigenvalue weighted by Crippen LogP contribution is 2.49. The molecule has 16 heavy (non-hydrogen) atoms. The van der Waals surface area contributed by atoms with Gasteiger partial charge in [0.1, 0.15) is 0 Å². The molecule has 0 amide bonds. The van der Waals surface area contributed by atoms with E-state index in [1.807, 2.05) is 0 Å². The molecule has 0 unspecified atom stereocenters. The number of nitrogens with two attached hydrogens (primary N) is 2. The Morgan fingerprint density at radius 1 is 1.38 bits per heavy atom.